The summed E-state index contributed by atoms with van der Waals surface area (Å²) in [5, 5.41) is 13.8. The Bertz CT molecular complexity index is 320. The van der Waals surface area contributed by atoms with Crippen LogP contribution in [0, 0.1) is 5.92 Å². The summed E-state index contributed by atoms with van der Waals surface area (Å²) in [6.07, 6.45) is 0.843. The van der Waals surface area contributed by atoms with Crippen LogP contribution in [0.4, 0.5) is 4.79 Å². The zero-order chi connectivity index (χ0) is 14.8. The Morgan fingerprint density at radius 2 is 1.89 bits per heavy atom. The minimum absolute atomic E-state index is 0.000973. The van der Waals surface area contributed by atoms with Gasteiger partial charge in [-0.1, -0.05) is 13.8 Å². The number of amides is 3. The average molecular weight is 273 g/mol. The van der Waals surface area contributed by atoms with E-state index in [1.54, 1.807) is 6.92 Å². The van der Waals surface area contributed by atoms with E-state index in [-0.39, 0.29) is 37.4 Å². The summed E-state index contributed by atoms with van der Waals surface area (Å²) in [7, 11) is 1.52. The molecular weight excluding hydrogens is 250 g/mol. The van der Waals surface area contributed by atoms with E-state index >= 15 is 0 Å². The maximum absolute atomic E-state index is 11.6. The molecule has 0 saturated carbocycles. The molecule has 1 atom stereocenters. The minimum atomic E-state index is -0.894. The molecule has 7 heteroatoms. The Hall–Kier alpha value is -1.79. The van der Waals surface area contributed by atoms with Gasteiger partial charge < -0.3 is 20.6 Å². The largest absolute Gasteiger partial charge is 0.481 e. The topological polar surface area (TPSA) is 98.7 Å². The third kappa shape index (κ3) is 8.87. The molecule has 0 spiro atoms. The van der Waals surface area contributed by atoms with E-state index < -0.39 is 5.97 Å². The monoisotopic (exact) mass is 273 g/mol. The second-order valence-corrected chi connectivity index (χ2v) is 4.60. The van der Waals surface area contributed by atoms with Gasteiger partial charge in [-0.3, -0.25) is 9.59 Å². The summed E-state index contributed by atoms with van der Waals surface area (Å²) in [4.78, 5) is 34.7. The Balaban J connectivity index is 3.93. The van der Waals surface area contributed by atoms with Crippen molar-refractivity contribution >= 4 is 17.9 Å². The quantitative estimate of drug-likeness (QED) is 0.591. The maximum Gasteiger partial charge on any atom is 0.317 e. The number of aliphatic carboxylic acids is 1. The highest BCUT2D eigenvalue weighted by Crippen LogP contribution is 1.99. The summed E-state index contributed by atoms with van der Waals surface area (Å²) >= 11 is 0. The number of carbonyl (C=O) groups is 3. The predicted molar refractivity (Wildman–Crippen MR) is 70.7 cm³/mol. The predicted octanol–water partition coefficient (Wildman–Crippen LogP) is 0.265. The Morgan fingerprint density at radius 1 is 1.26 bits per heavy atom. The molecule has 110 valence electrons. The number of likely N-dealkylation sites (N-methyl/N-ethyl adjacent to an activating group) is 1. The summed E-state index contributed by atoms with van der Waals surface area (Å²) < 4.78 is 0. The van der Waals surface area contributed by atoms with Crippen LogP contribution in [0.15, 0.2) is 0 Å². The molecule has 0 aromatic heterocycles. The van der Waals surface area contributed by atoms with Crippen molar-refractivity contribution in [3.63, 3.8) is 0 Å². The fraction of sp³-hybridized carbons (Fsp3) is 0.750. The lowest BCUT2D eigenvalue weighted by Crippen LogP contribution is -2.44. The van der Waals surface area contributed by atoms with Crippen molar-refractivity contribution in [2.75, 3.05) is 26.7 Å². The molecule has 0 radical (unpaired) electrons. The number of hydrogen-bond donors (Lipinski definition) is 3. The van der Waals surface area contributed by atoms with Crippen molar-refractivity contribution in [3.05, 3.63) is 0 Å². The van der Waals surface area contributed by atoms with Gasteiger partial charge in [-0.2, -0.15) is 0 Å². The van der Waals surface area contributed by atoms with Crippen LogP contribution in [0.1, 0.15) is 26.7 Å². The molecule has 0 bridgehead atoms. The molecule has 3 amide bonds. The van der Waals surface area contributed by atoms with Gasteiger partial charge in [0.2, 0.25) is 5.91 Å². The lowest BCUT2D eigenvalue weighted by molar-refractivity contribution is -0.137. The highest BCUT2D eigenvalue weighted by Gasteiger charge is 2.14. The molecular formula is C12H23N3O4. The van der Waals surface area contributed by atoms with Gasteiger partial charge in [0, 0.05) is 26.6 Å². The lowest BCUT2D eigenvalue weighted by atomic mass is 10.1. The van der Waals surface area contributed by atoms with E-state index in [4.69, 9.17) is 5.11 Å². The van der Waals surface area contributed by atoms with Gasteiger partial charge in [0.05, 0.1) is 0 Å². The van der Waals surface area contributed by atoms with Gasteiger partial charge in [0.1, 0.15) is 6.54 Å². The van der Waals surface area contributed by atoms with Crippen molar-refractivity contribution in [2.24, 2.45) is 5.92 Å². The van der Waals surface area contributed by atoms with Crippen LogP contribution in [0.25, 0.3) is 0 Å². The van der Waals surface area contributed by atoms with Crippen LogP contribution in [0.3, 0.4) is 0 Å². The standard InChI is InChI=1S/C12H23N3O4/c1-4-5-13-10(16)8-15(3)12(19)14-7-9(2)6-11(17)18/h9H,4-8H2,1-3H3,(H,13,16)(H,14,19)(H,17,18). The first-order valence-electron chi connectivity index (χ1n) is 6.34. The molecule has 7 nitrogen and oxygen atoms in total. The van der Waals surface area contributed by atoms with Crippen molar-refractivity contribution in [2.45, 2.75) is 26.7 Å². The van der Waals surface area contributed by atoms with Crippen LogP contribution in [0.5, 0.6) is 0 Å². The Morgan fingerprint density at radius 3 is 2.42 bits per heavy atom. The van der Waals surface area contributed by atoms with Gasteiger partial charge in [-0.25, -0.2) is 4.79 Å². The fourth-order valence-corrected chi connectivity index (χ4v) is 1.37. The molecule has 0 aromatic rings. The number of hydrogen-bond acceptors (Lipinski definition) is 3. The molecule has 0 aliphatic carbocycles. The molecule has 0 saturated heterocycles. The van der Waals surface area contributed by atoms with Gasteiger partial charge in [-0.05, 0) is 12.3 Å². The van der Waals surface area contributed by atoms with Crippen LogP contribution in [0.2, 0.25) is 0 Å². The molecule has 0 aliphatic heterocycles. The number of carbonyl (C=O) groups excluding carboxylic acids is 2. The minimum Gasteiger partial charge on any atom is -0.481 e. The summed E-state index contributed by atoms with van der Waals surface area (Å²) in [5.41, 5.74) is 0. The van der Waals surface area contributed by atoms with E-state index in [0.29, 0.717) is 6.54 Å². The normalized spacial score (nSPS) is 11.5. The fourth-order valence-electron chi connectivity index (χ4n) is 1.37. The smallest absolute Gasteiger partial charge is 0.317 e. The van der Waals surface area contributed by atoms with Crippen LogP contribution in [-0.4, -0.2) is 54.6 Å². The third-order valence-corrected chi connectivity index (χ3v) is 2.42. The van der Waals surface area contributed by atoms with Gasteiger partial charge >= 0.3 is 12.0 Å². The summed E-state index contributed by atoms with van der Waals surface area (Å²) in [6, 6.07) is -0.385. The number of rotatable bonds is 8. The van der Waals surface area contributed by atoms with E-state index in [9.17, 15) is 14.4 Å². The first-order valence-corrected chi connectivity index (χ1v) is 6.34. The Kier molecular flexibility index (Phi) is 8.32. The first kappa shape index (κ1) is 17.2. The molecule has 0 aromatic carbocycles. The second-order valence-electron chi connectivity index (χ2n) is 4.60. The number of nitrogens with one attached hydrogen (secondary N) is 2. The molecule has 3 N–H and O–H groups in total. The zero-order valence-corrected chi connectivity index (χ0v) is 11.7. The van der Waals surface area contributed by atoms with E-state index in [0.717, 1.165) is 6.42 Å². The third-order valence-electron chi connectivity index (χ3n) is 2.42. The molecule has 19 heavy (non-hydrogen) atoms. The van der Waals surface area contributed by atoms with E-state index in [1.807, 2.05) is 6.92 Å². The van der Waals surface area contributed by atoms with E-state index in [1.165, 1.54) is 11.9 Å². The summed E-state index contributed by atoms with van der Waals surface area (Å²) in [5.74, 6) is -1.25. The van der Waals surface area contributed by atoms with Gasteiger partial charge in [0.15, 0.2) is 0 Å². The second kappa shape index (κ2) is 9.18. The number of carboxylic acid groups (broad SMARTS) is 1. The molecule has 0 rings (SSSR count). The van der Waals surface area contributed by atoms with Gasteiger partial charge in [-0.15, -0.1) is 0 Å². The van der Waals surface area contributed by atoms with Crippen molar-refractivity contribution < 1.29 is 19.5 Å². The van der Waals surface area contributed by atoms with Crippen molar-refractivity contribution in [3.8, 4) is 0 Å². The molecule has 1 unspecified atom stereocenters. The van der Waals surface area contributed by atoms with E-state index in [2.05, 4.69) is 10.6 Å². The summed E-state index contributed by atoms with van der Waals surface area (Å²) in [6.45, 7) is 4.53. The zero-order valence-electron chi connectivity index (χ0n) is 11.7. The maximum atomic E-state index is 11.6. The van der Waals surface area contributed by atoms with Crippen molar-refractivity contribution in [1.29, 1.82) is 0 Å². The lowest BCUT2D eigenvalue weighted by Gasteiger charge is -2.18. The Labute approximate surface area is 113 Å². The first-order chi connectivity index (χ1) is 8.86. The highest BCUT2D eigenvalue weighted by molar-refractivity contribution is 5.83. The number of urea groups is 1. The van der Waals surface area contributed by atoms with Crippen LogP contribution in [-0.2, 0) is 9.59 Å². The average Bonchev–Trinajstić information content (AvgIpc) is 2.32. The molecule has 0 heterocycles. The van der Waals surface area contributed by atoms with Gasteiger partial charge in [0.25, 0.3) is 0 Å². The highest BCUT2D eigenvalue weighted by atomic mass is 16.4. The number of carboxylic acids is 1. The molecule has 0 aliphatic rings. The number of nitrogens with zero attached hydrogens (tertiary/aromatic N) is 1. The SMILES string of the molecule is CCCNC(=O)CN(C)C(=O)NCC(C)CC(=O)O. The van der Waals surface area contributed by atoms with Crippen LogP contribution < -0.4 is 10.6 Å². The van der Waals surface area contributed by atoms with Crippen molar-refractivity contribution in [1.82, 2.24) is 15.5 Å². The van der Waals surface area contributed by atoms with Crippen LogP contribution >= 0.6 is 0 Å². The molecule has 0 fully saturated rings.